The minimum atomic E-state index is -0.801. The Labute approximate surface area is 231 Å². The number of aliphatic hydroxyl groups excluding tert-OH is 1. The van der Waals surface area contributed by atoms with Gasteiger partial charge < -0.3 is 15.7 Å². The van der Waals surface area contributed by atoms with Gasteiger partial charge in [-0.15, -0.1) is 11.3 Å². The molecule has 4 rings (SSSR count). The Morgan fingerprint density at radius 3 is 2.55 bits per heavy atom. The van der Waals surface area contributed by atoms with Crippen LogP contribution in [0.3, 0.4) is 0 Å². The van der Waals surface area contributed by atoms with E-state index >= 15 is 0 Å². The molecule has 0 spiro atoms. The third kappa shape index (κ3) is 6.53. The van der Waals surface area contributed by atoms with Crippen LogP contribution in [0.5, 0.6) is 0 Å². The topological polar surface area (TPSA) is 94.6 Å². The van der Waals surface area contributed by atoms with Crippen molar-refractivity contribution in [1.29, 1.82) is 0 Å². The third-order valence-electron chi connectivity index (χ3n) is 8.28. The first-order valence-electron chi connectivity index (χ1n) is 14.1. The molecule has 1 saturated heterocycles. The number of benzene rings is 1. The number of aliphatic hydroxyl groups is 1. The van der Waals surface area contributed by atoms with E-state index in [1.807, 2.05) is 30.5 Å². The Bertz CT molecular complexity index is 1100. The van der Waals surface area contributed by atoms with Crippen LogP contribution >= 0.6 is 11.3 Å². The van der Waals surface area contributed by atoms with Gasteiger partial charge in [0, 0.05) is 17.5 Å². The summed E-state index contributed by atoms with van der Waals surface area (Å²) in [5.74, 6) is 0.0890. The van der Waals surface area contributed by atoms with Crippen LogP contribution in [0.25, 0.3) is 0 Å². The maximum atomic E-state index is 13.3. The lowest BCUT2D eigenvalue weighted by Gasteiger charge is -2.40. The first kappa shape index (κ1) is 28.9. The summed E-state index contributed by atoms with van der Waals surface area (Å²) < 4.78 is 0. The van der Waals surface area contributed by atoms with Crippen LogP contribution in [-0.4, -0.2) is 58.6 Å². The van der Waals surface area contributed by atoms with Crippen LogP contribution in [0.1, 0.15) is 105 Å². The van der Waals surface area contributed by atoms with Gasteiger partial charge in [-0.1, -0.05) is 58.2 Å². The van der Waals surface area contributed by atoms with Crippen molar-refractivity contribution in [1.82, 2.24) is 20.5 Å². The Morgan fingerprint density at radius 1 is 1.13 bits per heavy atom. The molecule has 38 heavy (non-hydrogen) atoms. The predicted octanol–water partition coefficient (Wildman–Crippen LogP) is 4.80. The van der Waals surface area contributed by atoms with E-state index in [0.29, 0.717) is 11.3 Å². The monoisotopic (exact) mass is 540 g/mol. The summed E-state index contributed by atoms with van der Waals surface area (Å²) in [5, 5.41) is 20.6. The zero-order valence-corrected chi connectivity index (χ0v) is 24.3. The van der Waals surface area contributed by atoms with E-state index < -0.39 is 6.23 Å². The molecule has 1 aromatic carbocycles. The van der Waals surface area contributed by atoms with Crippen LogP contribution in [0.2, 0.25) is 0 Å². The fraction of sp³-hybridized carbons (Fsp3) is 0.633. The van der Waals surface area contributed by atoms with Crippen molar-refractivity contribution in [3.8, 4) is 0 Å². The summed E-state index contributed by atoms with van der Waals surface area (Å²) in [7, 11) is 1.77. The zero-order valence-electron chi connectivity index (χ0n) is 23.5. The van der Waals surface area contributed by atoms with Gasteiger partial charge in [0.05, 0.1) is 18.1 Å². The number of amides is 1. The van der Waals surface area contributed by atoms with Gasteiger partial charge in [0.1, 0.15) is 16.9 Å². The molecule has 2 fully saturated rings. The van der Waals surface area contributed by atoms with Gasteiger partial charge >= 0.3 is 0 Å². The molecular weight excluding hydrogens is 496 g/mol. The highest BCUT2D eigenvalue weighted by molar-refractivity contribution is 7.10. The van der Waals surface area contributed by atoms with E-state index in [0.717, 1.165) is 55.6 Å². The number of likely N-dealkylation sites (tertiary alicyclic amines) is 1. The standard InChI is InChI=1S/C30H44N4O3S/c1-19(31-5)27(36)33-25(20-11-7-6-8-12-20)29(37)34-16-10-15-24(34)28-32-23(18-38-28)26(35)21-13-9-14-22(17-21)30(2,3)4/h9,13-14,17-20,24-25,29,31,37H,6-8,10-12,15-16H2,1-5H3,(H,33,36)/t19-,24?,25+,29?/m0/s1. The van der Waals surface area contributed by atoms with Crippen molar-refractivity contribution < 1.29 is 14.7 Å². The highest BCUT2D eigenvalue weighted by Crippen LogP contribution is 2.38. The number of hydrogen-bond acceptors (Lipinski definition) is 7. The molecule has 208 valence electrons. The van der Waals surface area contributed by atoms with Crippen LogP contribution in [0, 0.1) is 5.92 Å². The van der Waals surface area contributed by atoms with Crippen LogP contribution in [-0.2, 0) is 10.2 Å². The molecule has 2 heterocycles. The van der Waals surface area contributed by atoms with E-state index in [-0.39, 0.29) is 41.1 Å². The van der Waals surface area contributed by atoms with Crippen molar-refractivity contribution >= 4 is 23.0 Å². The van der Waals surface area contributed by atoms with Gasteiger partial charge in [0.25, 0.3) is 0 Å². The molecule has 7 nitrogen and oxygen atoms in total. The number of nitrogens with one attached hydrogen (secondary N) is 2. The largest absolute Gasteiger partial charge is 0.376 e. The molecule has 1 amide bonds. The number of nitrogens with zero attached hydrogens (tertiary/aromatic N) is 2. The molecule has 1 aliphatic carbocycles. The molecule has 2 unspecified atom stereocenters. The molecular formula is C30H44N4O3S. The second-order valence-corrected chi connectivity index (χ2v) is 12.9. The Morgan fingerprint density at radius 2 is 1.87 bits per heavy atom. The SMILES string of the molecule is CN[C@@H](C)C(=O)N[C@H](C1CCCCC1)C(O)N1CCCC1c1nc(C(=O)c2cccc(C(C)(C)C)c2)cs1. The zero-order chi connectivity index (χ0) is 27.4. The molecule has 3 N–H and O–H groups in total. The Hall–Kier alpha value is -2.13. The number of ketones is 1. The molecule has 4 atom stereocenters. The molecule has 0 radical (unpaired) electrons. The Kier molecular flexibility index (Phi) is 9.40. The maximum absolute atomic E-state index is 13.3. The summed E-state index contributed by atoms with van der Waals surface area (Å²) in [6.07, 6.45) is 6.50. The molecule has 8 heteroatoms. The van der Waals surface area contributed by atoms with E-state index in [2.05, 4.69) is 42.4 Å². The van der Waals surface area contributed by atoms with Crippen molar-refractivity contribution in [2.24, 2.45) is 5.92 Å². The lowest BCUT2D eigenvalue weighted by Crippen LogP contribution is -2.57. The average Bonchev–Trinajstić information content (AvgIpc) is 3.60. The quantitative estimate of drug-likeness (QED) is 0.396. The first-order valence-corrected chi connectivity index (χ1v) is 15.0. The van der Waals surface area contributed by atoms with Gasteiger partial charge in [0.15, 0.2) is 0 Å². The number of likely N-dealkylation sites (N-methyl/N-ethyl adjacent to an activating group) is 1. The minimum Gasteiger partial charge on any atom is -0.376 e. The highest BCUT2D eigenvalue weighted by atomic mass is 32.1. The maximum Gasteiger partial charge on any atom is 0.237 e. The number of thiazole rings is 1. The Balaban J connectivity index is 1.53. The van der Waals surface area contributed by atoms with E-state index in [4.69, 9.17) is 4.98 Å². The van der Waals surface area contributed by atoms with E-state index in [9.17, 15) is 14.7 Å². The van der Waals surface area contributed by atoms with Gasteiger partial charge in [-0.2, -0.15) is 0 Å². The number of rotatable bonds is 9. The first-order chi connectivity index (χ1) is 18.1. The molecule has 1 saturated carbocycles. The van der Waals surface area contributed by atoms with Crippen LogP contribution in [0.15, 0.2) is 29.6 Å². The van der Waals surface area contributed by atoms with Crippen LogP contribution < -0.4 is 10.6 Å². The van der Waals surface area contributed by atoms with Crippen LogP contribution in [0.4, 0.5) is 0 Å². The molecule has 0 bridgehead atoms. The van der Waals surface area contributed by atoms with Crippen molar-refractivity contribution in [3.05, 3.63) is 51.5 Å². The smallest absolute Gasteiger partial charge is 0.237 e. The van der Waals surface area contributed by atoms with Gasteiger partial charge in [-0.25, -0.2) is 4.98 Å². The molecule has 1 aliphatic heterocycles. The third-order valence-corrected chi connectivity index (χ3v) is 9.22. The lowest BCUT2D eigenvalue weighted by molar-refractivity contribution is -0.127. The van der Waals surface area contributed by atoms with Crippen molar-refractivity contribution in [3.63, 3.8) is 0 Å². The second kappa shape index (κ2) is 12.4. The fourth-order valence-corrected chi connectivity index (χ4v) is 6.70. The predicted molar refractivity (Wildman–Crippen MR) is 152 cm³/mol. The van der Waals surface area contributed by atoms with Crippen molar-refractivity contribution in [2.75, 3.05) is 13.6 Å². The normalized spacial score (nSPS) is 21.7. The summed E-state index contributed by atoms with van der Waals surface area (Å²) in [6.45, 7) is 8.99. The minimum absolute atomic E-state index is 0.0424. The summed E-state index contributed by atoms with van der Waals surface area (Å²) in [5.41, 5.74) is 2.18. The highest BCUT2D eigenvalue weighted by Gasteiger charge is 2.40. The van der Waals surface area contributed by atoms with Gasteiger partial charge in [-0.05, 0) is 62.6 Å². The van der Waals surface area contributed by atoms with Gasteiger partial charge in [0.2, 0.25) is 11.7 Å². The van der Waals surface area contributed by atoms with Crippen molar-refractivity contribution in [2.45, 2.75) is 102 Å². The molecule has 1 aromatic heterocycles. The fourth-order valence-electron chi connectivity index (χ4n) is 5.75. The summed E-state index contributed by atoms with van der Waals surface area (Å²) in [6, 6.07) is 7.09. The average molecular weight is 541 g/mol. The number of hydrogen-bond donors (Lipinski definition) is 3. The second-order valence-electron chi connectivity index (χ2n) is 12.0. The number of aromatic nitrogens is 1. The van der Waals surface area contributed by atoms with Gasteiger partial charge in [-0.3, -0.25) is 14.5 Å². The summed E-state index contributed by atoms with van der Waals surface area (Å²) >= 11 is 1.49. The summed E-state index contributed by atoms with van der Waals surface area (Å²) in [4.78, 5) is 33.1. The lowest BCUT2D eigenvalue weighted by atomic mass is 9.82. The van der Waals surface area contributed by atoms with E-state index in [1.54, 1.807) is 7.05 Å². The molecule has 2 aromatic rings. The van der Waals surface area contributed by atoms with E-state index in [1.165, 1.54) is 17.8 Å². The molecule has 2 aliphatic rings. The number of carbonyl (C=O) groups is 2. The number of carbonyl (C=O) groups excluding carboxylic acids is 2.